The third-order valence-corrected chi connectivity index (χ3v) is 4.70. The van der Waals surface area contributed by atoms with Gasteiger partial charge in [0, 0.05) is 23.2 Å². The molecule has 1 aliphatic rings. The minimum absolute atomic E-state index is 0.0425. The van der Waals surface area contributed by atoms with E-state index < -0.39 is 5.54 Å². The molecule has 2 rings (SSSR count). The van der Waals surface area contributed by atoms with Crippen LogP contribution in [0.3, 0.4) is 0 Å². The number of benzene rings is 1. The van der Waals surface area contributed by atoms with Gasteiger partial charge in [-0.1, -0.05) is 35.8 Å². The lowest BCUT2D eigenvalue weighted by Crippen LogP contribution is -2.51. The molecule has 1 amide bonds. The van der Waals surface area contributed by atoms with Gasteiger partial charge < -0.3 is 10.2 Å². The maximum Gasteiger partial charge on any atom is 0.246 e. The molecule has 1 aromatic carbocycles. The molecule has 1 N–H and O–H groups in total. The van der Waals surface area contributed by atoms with E-state index in [1.807, 2.05) is 43.9 Å². The van der Waals surface area contributed by atoms with Crippen LogP contribution in [0.15, 0.2) is 22.7 Å². The van der Waals surface area contributed by atoms with E-state index in [1.165, 1.54) is 5.56 Å². The van der Waals surface area contributed by atoms with Gasteiger partial charge in [0.25, 0.3) is 0 Å². The lowest BCUT2D eigenvalue weighted by atomic mass is 9.93. The normalized spacial score (nSPS) is 21.7. The molecule has 0 saturated carbocycles. The Hall–Kier alpha value is -0.870. The fraction of sp³-hybridized carbons (Fsp3) is 0.562. The molecular weight excluding hydrogens is 316 g/mol. The summed E-state index contributed by atoms with van der Waals surface area (Å²) < 4.78 is 1.04. The number of nitrogens with zero attached hydrogens (tertiary/aromatic N) is 1. The molecule has 0 aliphatic carbocycles. The first kappa shape index (κ1) is 15.5. The highest BCUT2D eigenvalue weighted by atomic mass is 79.9. The molecule has 110 valence electrons. The molecule has 0 aromatic heterocycles. The molecular formula is C16H23BrN2O. The van der Waals surface area contributed by atoms with Crippen LogP contribution in [-0.2, 0) is 4.79 Å². The van der Waals surface area contributed by atoms with Gasteiger partial charge in [-0.25, -0.2) is 0 Å². The Kier molecular flexibility index (Phi) is 4.00. The summed E-state index contributed by atoms with van der Waals surface area (Å²) in [6.45, 7) is 11.9. The van der Waals surface area contributed by atoms with E-state index in [0.29, 0.717) is 0 Å². The van der Waals surface area contributed by atoms with Gasteiger partial charge in [0.2, 0.25) is 5.91 Å². The second kappa shape index (κ2) is 5.15. The van der Waals surface area contributed by atoms with Gasteiger partial charge >= 0.3 is 0 Å². The number of carbonyl (C=O) groups is 1. The van der Waals surface area contributed by atoms with Crippen LogP contribution < -0.4 is 10.2 Å². The molecule has 3 nitrogen and oxygen atoms in total. The predicted molar refractivity (Wildman–Crippen MR) is 87.1 cm³/mol. The second-order valence-corrected chi connectivity index (χ2v) is 7.82. The highest BCUT2D eigenvalue weighted by Crippen LogP contribution is 2.30. The lowest BCUT2D eigenvalue weighted by Gasteiger charge is -2.31. The molecule has 0 unspecified atom stereocenters. The third-order valence-electron chi connectivity index (χ3n) is 3.84. The fourth-order valence-electron chi connectivity index (χ4n) is 2.39. The Labute approximate surface area is 129 Å². The first-order chi connectivity index (χ1) is 9.12. The Bertz CT molecular complexity index is 537. The standard InChI is InChI=1S/C16H23BrN2O/c1-11-6-7-12(8-13(11)17)19-10-15(2,3)9-18-16(4,5)14(19)20/h6-8,18H,9-10H2,1-5H3. The van der Waals surface area contributed by atoms with Crippen molar-refractivity contribution in [3.63, 3.8) is 0 Å². The molecule has 20 heavy (non-hydrogen) atoms. The van der Waals surface area contributed by atoms with E-state index in [9.17, 15) is 4.79 Å². The van der Waals surface area contributed by atoms with Crippen molar-refractivity contribution in [3.05, 3.63) is 28.2 Å². The molecule has 0 radical (unpaired) electrons. The Balaban J connectivity index is 2.44. The van der Waals surface area contributed by atoms with Crippen molar-refractivity contribution < 1.29 is 4.79 Å². The van der Waals surface area contributed by atoms with E-state index in [2.05, 4.69) is 35.1 Å². The van der Waals surface area contributed by atoms with Crippen LogP contribution in [0.5, 0.6) is 0 Å². The number of hydrogen-bond acceptors (Lipinski definition) is 2. The minimum Gasteiger partial charge on any atom is -0.310 e. The number of anilines is 1. The van der Waals surface area contributed by atoms with Gasteiger partial charge in [-0.05, 0) is 43.9 Å². The third kappa shape index (κ3) is 3.07. The number of carbonyl (C=O) groups excluding carboxylic acids is 1. The molecule has 4 heteroatoms. The smallest absolute Gasteiger partial charge is 0.246 e. The fourth-order valence-corrected chi connectivity index (χ4v) is 2.75. The Morgan fingerprint density at radius 2 is 1.90 bits per heavy atom. The molecule has 0 spiro atoms. The monoisotopic (exact) mass is 338 g/mol. The van der Waals surface area contributed by atoms with E-state index in [0.717, 1.165) is 23.2 Å². The van der Waals surface area contributed by atoms with Gasteiger partial charge in [-0.3, -0.25) is 4.79 Å². The van der Waals surface area contributed by atoms with Crippen molar-refractivity contribution in [2.75, 3.05) is 18.0 Å². The van der Waals surface area contributed by atoms with Gasteiger partial charge in [-0.2, -0.15) is 0 Å². The van der Waals surface area contributed by atoms with Gasteiger partial charge in [0.15, 0.2) is 0 Å². The van der Waals surface area contributed by atoms with Crippen LogP contribution >= 0.6 is 15.9 Å². The topological polar surface area (TPSA) is 32.3 Å². The number of rotatable bonds is 1. The maximum absolute atomic E-state index is 12.8. The van der Waals surface area contributed by atoms with E-state index in [-0.39, 0.29) is 11.3 Å². The molecule has 1 aromatic rings. The van der Waals surface area contributed by atoms with E-state index in [4.69, 9.17) is 0 Å². The molecule has 1 saturated heterocycles. The zero-order valence-corrected chi connectivity index (χ0v) is 14.5. The average molecular weight is 339 g/mol. The highest BCUT2D eigenvalue weighted by Gasteiger charge is 2.39. The highest BCUT2D eigenvalue weighted by molar-refractivity contribution is 9.10. The average Bonchev–Trinajstić information content (AvgIpc) is 2.43. The number of halogens is 1. The molecule has 0 bridgehead atoms. The van der Waals surface area contributed by atoms with Crippen molar-refractivity contribution >= 4 is 27.5 Å². The van der Waals surface area contributed by atoms with Crippen LogP contribution in [0.25, 0.3) is 0 Å². The number of hydrogen-bond donors (Lipinski definition) is 1. The van der Waals surface area contributed by atoms with E-state index in [1.54, 1.807) is 0 Å². The number of aryl methyl sites for hydroxylation is 1. The summed E-state index contributed by atoms with van der Waals surface area (Å²) in [5.74, 6) is 0.124. The summed E-state index contributed by atoms with van der Waals surface area (Å²) in [6.07, 6.45) is 0. The summed E-state index contributed by atoms with van der Waals surface area (Å²) in [6, 6.07) is 6.10. The zero-order chi connectivity index (χ0) is 15.1. The van der Waals surface area contributed by atoms with Crippen LogP contribution in [0.2, 0.25) is 0 Å². The summed E-state index contributed by atoms with van der Waals surface area (Å²) in [5, 5.41) is 3.38. The van der Waals surface area contributed by atoms with Crippen molar-refractivity contribution in [1.82, 2.24) is 5.32 Å². The molecule has 1 aliphatic heterocycles. The first-order valence-corrected chi connectivity index (χ1v) is 7.75. The number of nitrogens with one attached hydrogen (secondary N) is 1. The second-order valence-electron chi connectivity index (χ2n) is 6.97. The van der Waals surface area contributed by atoms with Crippen LogP contribution in [0.1, 0.15) is 33.3 Å². The number of amides is 1. The SMILES string of the molecule is Cc1ccc(N2CC(C)(C)CNC(C)(C)C2=O)cc1Br. The van der Waals surface area contributed by atoms with Gasteiger partial charge in [-0.15, -0.1) is 0 Å². The van der Waals surface area contributed by atoms with Crippen molar-refractivity contribution in [2.24, 2.45) is 5.41 Å². The maximum atomic E-state index is 12.8. The van der Waals surface area contributed by atoms with Crippen molar-refractivity contribution in [3.8, 4) is 0 Å². The summed E-state index contributed by atoms with van der Waals surface area (Å²) in [7, 11) is 0. The molecule has 0 atom stereocenters. The predicted octanol–water partition coefficient (Wildman–Crippen LogP) is 3.50. The zero-order valence-electron chi connectivity index (χ0n) is 12.9. The largest absolute Gasteiger partial charge is 0.310 e. The summed E-state index contributed by atoms with van der Waals surface area (Å²) in [5.41, 5.74) is 1.64. The minimum atomic E-state index is -0.537. The Morgan fingerprint density at radius 3 is 2.50 bits per heavy atom. The lowest BCUT2D eigenvalue weighted by molar-refractivity contribution is -0.123. The summed E-state index contributed by atoms with van der Waals surface area (Å²) >= 11 is 3.56. The molecule has 1 fully saturated rings. The quantitative estimate of drug-likeness (QED) is 0.849. The first-order valence-electron chi connectivity index (χ1n) is 6.96. The van der Waals surface area contributed by atoms with E-state index >= 15 is 0 Å². The Morgan fingerprint density at radius 1 is 1.25 bits per heavy atom. The van der Waals surface area contributed by atoms with Crippen LogP contribution in [0, 0.1) is 12.3 Å². The van der Waals surface area contributed by atoms with Crippen LogP contribution in [0.4, 0.5) is 5.69 Å². The molecule has 1 heterocycles. The van der Waals surface area contributed by atoms with Crippen LogP contribution in [-0.4, -0.2) is 24.5 Å². The van der Waals surface area contributed by atoms with Gasteiger partial charge in [0.1, 0.15) is 0 Å². The summed E-state index contributed by atoms with van der Waals surface area (Å²) in [4.78, 5) is 14.7. The van der Waals surface area contributed by atoms with Crippen molar-refractivity contribution in [2.45, 2.75) is 40.2 Å². The van der Waals surface area contributed by atoms with Gasteiger partial charge in [0.05, 0.1) is 5.54 Å². The van der Waals surface area contributed by atoms with Crippen molar-refractivity contribution in [1.29, 1.82) is 0 Å².